The van der Waals surface area contributed by atoms with Gasteiger partial charge in [-0.15, -0.1) is 0 Å². The van der Waals surface area contributed by atoms with Gasteiger partial charge in [-0.3, -0.25) is 4.98 Å². The maximum absolute atomic E-state index is 5.98. The number of pyridine rings is 1. The van der Waals surface area contributed by atoms with Crippen LogP contribution in [0.15, 0.2) is 59.2 Å². The van der Waals surface area contributed by atoms with E-state index in [1.807, 2.05) is 24.4 Å². The topological polar surface area (TPSA) is 42.3 Å². The van der Waals surface area contributed by atoms with Gasteiger partial charge >= 0.3 is 0 Å². The van der Waals surface area contributed by atoms with Crippen LogP contribution in [0.4, 0.5) is 0 Å². The molecule has 4 heterocycles. The third kappa shape index (κ3) is 3.87. The lowest BCUT2D eigenvalue weighted by Crippen LogP contribution is -2.36. The molecule has 0 unspecified atom stereocenters. The van der Waals surface area contributed by atoms with E-state index in [0.717, 1.165) is 47.0 Å². The van der Waals surface area contributed by atoms with Gasteiger partial charge in [0.05, 0.1) is 29.6 Å². The van der Waals surface area contributed by atoms with Crippen molar-refractivity contribution in [1.29, 1.82) is 0 Å². The Morgan fingerprint density at radius 1 is 1.19 bits per heavy atom. The highest BCUT2D eigenvalue weighted by Gasteiger charge is 2.42. The van der Waals surface area contributed by atoms with Gasteiger partial charge < -0.3 is 19.5 Å². The second-order valence-electron chi connectivity index (χ2n) is 8.53. The van der Waals surface area contributed by atoms with Crippen molar-refractivity contribution < 1.29 is 4.74 Å². The maximum Gasteiger partial charge on any atom is 0.170 e. The van der Waals surface area contributed by atoms with Crippen molar-refractivity contribution in [1.82, 2.24) is 19.8 Å². The summed E-state index contributed by atoms with van der Waals surface area (Å²) in [7, 11) is 0. The third-order valence-electron chi connectivity index (χ3n) is 6.50. The Labute approximate surface area is 202 Å². The van der Waals surface area contributed by atoms with Crippen LogP contribution in [-0.4, -0.2) is 38.8 Å². The first-order chi connectivity index (χ1) is 15.5. The number of para-hydroxylation sites is 1. The number of aryl methyl sites for hydroxylation is 1. The molecule has 1 N–H and O–H groups in total. The summed E-state index contributed by atoms with van der Waals surface area (Å²) < 4.78 is 9.37. The Bertz CT molecular complexity index is 1130. The zero-order valence-corrected chi connectivity index (χ0v) is 20.7. The molecule has 2 aromatic heterocycles. The Balaban J connectivity index is 1.60. The summed E-state index contributed by atoms with van der Waals surface area (Å²) >= 11 is 9.58. The van der Waals surface area contributed by atoms with E-state index in [9.17, 15) is 0 Å². The molecule has 2 aliphatic rings. The highest BCUT2D eigenvalue weighted by Crippen LogP contribution is 2.42. The number of nitrogens with one attached hydrogen (secondary N) is 1. The molecule has 5 rings (SSSR count). The predicted molar refractivity (Wildman–Crippen MR) is 134 cm³/mol. The van der Waals surface area contributed by atoms with Crippen LogP contribution in [0.1, 0.15) is 47.6 Å². The van der Waals surface area contributed by atoms with Gasteiger partial charge in [-0.1, -0.05) is 18.2 Å². The van der Waals surface area contributed by atoms with E-state index in [1.54, 1.807) is 0 Å². The van der Waals surface area contributed by atoms with Crippen LogP contribution >= 0.6 is 28.1 Å². The number of nitrogens with zero attached hydrogens (tertiary/aromatic N) is 3. The highest BCUT2D eigenvalue weighted by atomic mass is 79.9. The molecule has 166 valence electrons. The second-order valence-corrected chi connectivity index (χ2v) is 9.77. The first-order valence-corrected chi connectivity index (χ1v) is 12.3. The summed E-state index contributed by atoms with van der Waals surface area (Å²) in [6.07, 6.45) is 4.26. The summed E-state index contributed by atoms with van der Waals surface area (Å²) in [5, 5.41) is 4.34. The number of ether oxygens (including phenoxy) is 1. The minimum Gasteiger partial charge on any atom is -0.376 e. The summed E-state index contributed by atoms with van der Waals surface area (Å²) in [5.74, 6) is 0. The molecule has 0 bridgehead atoms. The van der Waals surface area contributed by atoms with Gasteiger partial charge in [0.25, 0.3) is 0 Å². The zero-order chi connectivity index (χ0) is 22.2. The number of aromatic nitrogens is 2. The van der Waals surface area contributed by atoms with Gasteiger partial charge in [-0.2, -0.15) is 0 Å². The fourth-order valence-corrected chi connectivity index (χ4v) is 5.82. The fourth-order valence-electron chi connectivity index (χ4n) is 5.04. The molecule has 7 heteroatoms. The molecular weight excluding hydrogens is 484 g/mol. The number of thiocarbonyl (C=S) groups is 1. The average Bonchev–Trinajstić information content (AvgIpc) is 3.49. The summed E-state index contributed by atoms with van der Waals surface area (Å²) in [6.45, 7) is 5.99. The molecule has 1 aromatic carbocycles. The Morgan fingerprint density at radius 2 is 2.00 bits per heavy atom. The number of rotatable bonds is 5. The van der Waals surface area contributed by atoms with Crippen molar-refractivity contribution in [2.24, 2.45) is 0 Å². The van der Waals surface area contributed by atoms with Crippen molar-refractivity contribution in [2.45, 2.75) is 44.9 Å². The lowest BCUT2D eigenvalue weighted by atomic mass is 9.96. The first-order valence-electron chi connectivity index (χ1n) is 11.1. The fraction of sp³-hybridized carbons (Fsp3) is 0.360. The zero-order valence-electron chi connectivity index (χ0n) is 18.3. The lowest BCUT2D eigenvalue weighted by molar-refractivity contribution is 0.0842. The standard InChI is InChI=1S/C25H27BrN4OS/c1-16-14-19(17(2)30(16)22-11-4-3-9-20(22)26)24-23(21-10-5-6-12-27-21)28-25(32)29(24)15-18-8-7-13-31-18/h3-6,9-12,14,18,23-24H,7-8,13,15H2,1-2H3,(H,28,32)/t18-,23-,24+/m0/s1. The summed E-state index contributed by atoms with van der Waals surface area (Å²) in [6, 6.07) is 16.7. The van der Waals surface area contributed by atoms with Crippen molar-refractivity contribution in [3.8, 4) is 5.69 Å². The molecule has 0 spiro atoms. The van der Waals surface area contributed by atoms with Crippen LogP contribution in [0, 0.1) is 13.8 Å². The van der Waals surface area contributed by atoms with Crippen LogP contribution in [-0.2, 0) is 4.74 Å². The van der Waals surface area contributed by atoms with Crippen LogP contribution < -0.4 is 5.32 Å². The van der Waals surface area contributed by atoms with E-state index in [0.29, 0.717) is 0 Å². The van der Waals surface area contributed by atoms with Crippen molar-refractivity contribution >= 4 is 33.3 Å². The van der Waals surface area contributed by atoms with Crippen LogP contribution in [0.2, 0.25) is 0 Å². The number of halogens is 1. The molecule has 0 saturated carbocycles. The van der Waals surface area contributed by atoms with Crippen LogP contribution in [0.3, 0.4) is 0 Å². The Morgan fingerprint density at radius 3 is 2.72 bits per heavy atom. The minimum absolute atomic E-state index is 0.0155. The predicted octanol–water partition coefficient (Wildman–Crippen LogP) is 5.40. The van der Waals surface area contributed by atoms with Gasteiger partial charge in [0.15, 0.2) is 5.11 Å². The number of hydrogen-bond acceptors (Lipinski definition) is 3. The maximum atomic E-state index is 5.98. The first kappa shape index (κ1) is 21.6. The minimum atomic E-state index is -0.0155. The van der Waals surface area contributed by atoms with Gasteiger partial charge in [-0.25, -0.2) is 0 Å². The largest absolute Gasteiger partial charge is 0.376 e. The molecule has 2 fully saturated rings. The Hall–Kier alpha value is -2.22. The third-order valence-corrected chi connectivity index (χ3v) is 7.53. The SMILES string of the molecule is Cc1cc([C@@H]2[C@H](c3ccccn3)NC(=S)N2C[C@@H]2CCCO2)c(C)n1-c1ccccc1Br. The van der Waals surface area contributed by atoms with Crippen molar-refractivity contribution in [2.75, 3.05) is 13.2 Å². The average molecular weight is 511 g/mol. The molecule has 3 aromatic rings. The van der Waals surface area contributed by atoms with E-state index < -0.39 is 0 Å². The number of hydrogen-bond donors (Lipinski definition) is 1. The van der Waals surface area contributed by atoms with Gasteiger partial charge in [0.1, 0.15) is 0 Å². The quantitative estimate of drug-likeness (QED) is 0.465. The molecular formula is C25H27BrN4OS. The van der Waals surface area contributed by atoms with Gasteiger partial charge in [-0.05, 0) is 90.7 Å². The summed E-state index contributed by atoms with van der Waals surface area (Å²) in [4.78, 5) is 6.99. The highest BCUT2D eigenvalue weighted by molar-refractivity contribution is 9.10. The van der Waals surface area contributed by atoms with Crippen molar-refractivity contribution in [3.63, 3.8) is 0 Å². The van der Waals surface area contributed by atoms with Gasteiger partial charge in [0.2, 0.25) is 0 Å². The van der Waals surface area contributed by atoms with E-state index in [1.165, 1.54) is 17.0 Å². The van der Waals surface area contributed by atoms with Gasteiger partial charge in [0, 0.05) is 35.2 Å². The molecule has 32 heavy (non-hydrogen) atoms. The molecule has 2 saturated heterocycles. The van der Waals surface area contributed by atoms with E-state index in [4.69, 9.17) is 17.0 Å². The number of benzene rings is 1. The Kier molecular flexibility index (Phi) is 6.05. The van der Waals surface area contributed by atoms with Crippen molar-refractivity contribution in [3.05, 3.63) is 81.8 Å². The van der Waals surface area contributed by atoms with E-state index in [2.05, 4.69) is 79.9 Å². The summed E-state index contributed by atoms with van der Waals surface area (Å²) in [5.41, 5.74) is 5.81. The monoisotopic (exact) mass is 510 g/mol. The molecule has 0 aliphatic carbocycles. The van der Waals surface area contributed by atoms with E-state index >= 15 is 0 Å². The molecule has 3 atom stereocenters. The normalized spacial score (nSPS) is 23.0. The second kappa shape index (κ2) is 8.96. The molecule has 0 radical (unpaired) electrons. The molecule has 5 nitrogen and oxygen atoms in total. The van der Waals surface area contributed by atoms with E-state index in [-0.39, 0.29) is 18.2 Å². The van der Waals surface area contributed by atoms with Crippen LogP contribution in [0.5, 0.6) is 0 Å². The smallest absolute Gasteiger partial charge is 0.170 e. The molecule has 0 amide bonds. The van der Waals surface area contributed by atoms with Crippen LogP contribution in [0.25, 0.3) is 5.69 Å². The molecule has 2 aliphatic heterocycles. The lowest BCUT2D eigenvalue weighted by Gasteiger charge is -2.30.